The van der Waals surface area contributed by atoms with Crippen LogP contribution in [0.2, 0.25) is 0 Å². The summed E-state index contributed by atoms with van der Waals surface area (Å²) in [6.07, 6.45) is 0. The van der Waals surface area contributed by atoms with Crippen LogP contribution < -0.4 is 0 Å². The summed E-state index contributed by atoms with van der Waals surface area (Å²) in [6.45, 7) is 0. The zero-order valence-corrected chi connectivity index (χ0v) is 10.8. The minimum Gasteiger partial charge on any atom is -0.436 e. The summed E-state index contributed by atoms with van der Waals surface area (Å²) in [7, 11) is 0. The first-order chi connectivity index (χ1) is 8.81. The SMILES string of the molecule is Brc1ccc2oc3nc4ccccc4nc3c2c1. The second-order valence-corrected chi connectivity index (χ2v) is 5.02. The molecule has 0 fully saturated rings. The number of rotatable bonds is 0. The molecule has 0 aliphatic heterocycles. The Labute approximate surface area is 111 Å². The van der Waals surface area contributed by atoms with Gasteiger partial charge in [0.05, 0.1) is 11.0 Å². The van der Waals surface area contributed by atoms with Crippen LogP contribution >= 0.6 is 15.9 Å². The summed E-state index contributed by atoms with van der Waals surface area (Å²) in [6, 6.07) is 13.7. The van der Waals surface area contributed by atoms with E-state index in [4.69, 9.17) is 4.42 Å². The first-order valence-electron chi connectivity index (χ1n) is 5.56. The lowest BCUT2D eigenvalue weighted by Gasteiger charge is -1.95. The molecule has 4 aromatic rings. The minimum atomic E-state index is 0.585. The maximum Gasteiger partial charge on any atom is 0.246 e. The molecule has 2 aromatic carbocycles. The standard InChI is InChI=1S/C14H7BrN2O/c15-8-5-6-12-9(7-8)13-14(18-12)17-11-4-2-1-3-10(11)16-13/h1-7H. The lowest BCUT2D eigenvalue weighted by molar-refractivity contribution is 0.655. The van der Waals surface area contributed by atoms with Gasteiger partial charge in [0.15, 0.2) is 0 Å². The molecule has 0 N–H and O–H groups in total. The van der Waals surface area contributed by atoms with Gasteiger partial charge in [-0.25, -0.2) is 9.97 Å². The molecule has 0 bridgehead atoms. The van der Waals surface area contributed by atoms with Crippen molar-refractivity contribution in [2.45, 2.75) is 0 Å². The quantitative estimate of drug-likeness (QED) is 0.486. The molecule has 3 nitrogen and oxygen atoms in total. The lowest BCUT2D eigenvalue weighted by atomic mass is 10.2. The van der Waals surface area contributed by atoms with E-state index in [2.05, 4.69) is 25.9 Å². The normalized spacial score (nSPS) is 11.6. The number of benzene rings is 2. The average Bonchev–Trinajstić information content (AvgIpc) is 2.73. The van der Waals surface area contributed by atoms with Crippen molar-refractivity contribution in [3.05, 3.63) is 46.9 Å². The predicted octanol–water partition coefficient (Wildman–Crippen LogP) is 4.29. The highest BCUT2D eigenvalue weighted by molar-refractivity contribution is 9.10. The second kappa shape index (κ2) is 3.53. The molecule has 86 valence electrons. The van der Waals surface area contributed by atoms with Gasteiger partial charge in [0.1, 0.15) is 11.1 Å². The van der Waals surface area contributed by atoms with E-state index in [-0.39, 0.29) is 0 Å². The van der Waals surface area contributed by atoms with Crippen molar-refractivity contribution in [2.75, 3.05) is 0 Å². The highest BCUT2D eigenvalue weighted by atomic mass is 79.9. The van der Waals surface area contributed by atoms with Crippen LogP contribution in [0.1, 0.15) is 0 Å². The predicted molar refractivity (Wildman–Crippen MR) is 74.5 cm³/mol. The van der Waals surface area contributed by atoms with Crippen molar-refractivity contribution >= 4 is 49.2 Å². The van der Waals surface area contributed by atoms with E-state index in [0.717, 1.165) is 32.0 Å². The number of nitrogens with zero attached hydrogens (tertiary/aromatic N) is 2. The summed E-state index contributed by atoms with van der Waals surface area (Å²) in [4.78, 5) is 9.13. The van der Waals surface area contributed by atoms with Gasteiger partial charge in [0.25, 0.3) is 0 Å². The van der Waals surface area contributed by atoms with E-state index in [9.17, 15) is 0 Å². The molecule has 4 rings (SSSR count). The molecule has 0 spiro atoms. The van der Waals surface area contributed by atoms with E-state index < -0.39 is 0 Å². The van der Waals surface area contributed by atoms with Crippen molar-refractivity contribution in [1.29, 1.82) is 0 Å². The minimum absolute atomic E-state index is 0.585. The third-order valence-corrected chi connectivity index (χ3v) is 3.44. The van der Waals surface area contributed by atoms with Gasteiger partial charge in [-0.05, 0) is 30.3 Å². The Morgan fingerprint density at radius 1 is 0.944 bits per heavy atom. The molecule has 0 aliphatic carbocycles. The molecule has 0 aliphatic rings. The Balaban J connectivity index is 2.25. The van der Waals surface area contributed by atoms with Gasteiger partial charge >= 0.3 is 0 Å². The third kappa shape index (κ3) is 1.36. The van der Waals surface area contributed by atoms with Crippen LogP contribution in [0.4, 0.5) is 0 Å². The molecule has 4 heteroatoms. The van der Waals surface area contributed by atoms with Gasteiger partial charge in [-0.1, -0.05) is 28.1 Å². The van der Waals surface area contributed by atoms with E-state index in [1.165, 1.54) is 0 Å². The van der Waals surface area contributed by atoms with Crippen molar-refractivity contribution in [2.24, 2.45) is 0 Å². The van der Waals surface area contributed by atoms with Crippen LogP contribution in [-0.4, -0.2) is 9.97 Å². The van der Waals surface area contributed by atoms with Crippen LogP contribution in [0.15, 0.2) is 51.4 Å². The van der Waals surface area contributed by atoms with Crippen molar-refractivity contribution in [3.63, 3.8) is 0 Å². The fourth-order valence-electron chi connectivity index (χ4n) is 2.11. The summed E-state index contributed by atoms with van der Waals surface area (Å²) < 4.78 is 6.73. The zero-order valence-electron chi connectivity index (χ0n) is 9.22. The van der Waals surface area contributed by atoms with Crippen LogP contribution in [-0.2, 0) is 0 Å². The van der Waals surface area contributed by atoms with Gasteiger partial charge in [0, 0.05) is 9.86 Å². The molecule has 0 saturated heterocycles. The Bertz CT molecular complexity index is 898. The van der Waals surface area contributed by atoms with E-state index >= 15 is 0 Å². The number of para-hydroxylation sites is 2. The number of furan rings is 1. The second-order valence-electron chi connectivity index (χ2n) is 4.11. The topological polar surface area (TPSA) is 38.9 Å². The third-order valence-electron chi connectivity index (χ3n) is 2.94. The van der Waals surface area contributed by atoms with Gasteiger partial charge < -0.3 is 4.42 Å². The molecule has 0 atom stereocenters. The zero-order chi connectivity index (χ0) is 12.1. The summed E-state index contributed by atoms with van der Waals surface area (Å²) >= 11 is 3.46. The Hall–Kier alpha value is -1.94. The molecule has 18 heavy (non-hydrogen) atoms. The van der Waals surface area contributed by atoms with Crippen molar-refractivity contribution < 1.29 is 4.42 Å². The average molecular weight is 299 g/mol. The Kier molecular flexibility index (Phi) is 1.96. The molecule has 2 aromatic heterocycles. The highest BCUT2D eigenvalue weighted by Crippen LogP contribution is 2.29. The van der Waals surface area contributed by atoms with Crippen LogP contribution in [0, 0.1) is 0 Å². The van der Waals surface area contributed by atoms with Gasteiger partial charge in [-0.15, -0.1) is 0 Å². The van der Waals surface area contributed by atoms with Crippen LogP contribution in [0.25, 0.3) is 33.2 Å². The van der Waals surface area contributed by atoms with Gasteiger partial charge in [-0.3, -0.25) is 0 Å². The van der Waals surface area contributed by atoms with Gasteiger partial charge in [0.2, 0.25) is 5.71 Å². The number of aromatic nitrogens is 2. The van der Waals surface area contributed by atoms with Gasteiger partial charge in [-0.2, -0.15) is 0 Å². The lowest BCUT2D eigenvalue weighted by Crippen LogP contribution is -1.83. The van der Waals surface area contributed by atoms with Crippen molar-refractivity contribution in [3.8, 4) is 0 Å². The first-order valence-corrected chi connectivity index (χ1v) is 6.35. The van der Waals surface area contributed by atoms with E-state index in [1.807, 2.05) is 42.5 Å². The van der Waals surface area contributed by atoms with E-state index in [0.29, 0.717) is 5.71 Å². The number of fused-ring (bicyclic) bond motifs is 4. The fraction of sp³-hybridized carbons (Fsp3) is 0. The highest BCUT2D eigenvalue weighted by Gasteiger charge is 2.11. The molecular formula is C14H7BrN2O. The monoisotopic (exact) mass is 298 g/mol. The first kappa shape index (κ1) is 10.0. The summed E-state index contributed by atoms with van der Waals surface area (Å²) in [5, 5.41) is 0.984. The molecular weight excluding hydrogens is 292 g/mol. The summed E-state index contributed by atoms with van der Waals surface area (Å²) in [5.74, 6) is 0. The number of hydrogen-bond acceptors (Lipinski definition) is 3. The molecule has 0 unspecified atom stereocenters. The Morgan fingerprint density at radius 3 is 2.56 bits per heavy atom. The largest absolute Gasteiger partial charge is 0.436 e. The molecule has 0 amide bonds. The number of hydrogen-bond donors (Lipinski definition) is 0. The summed E-state index contributed by atoms with van der Waals surface area (Å²) in [5.41, 5.74) is 3.94. The fourth-order valence-corrected chi connectivity index (χ4v) is 2.47. The van der Waals surface area contributed by atoms with Crippen molar-refractivity contribution in [1.82, 2.24) is 9.97 Å². The smallest absolute Gasteiger partial charge is 0.246 e. The van der Waals surface area contributed by atoms with Crippen LogP contribution in [0.5, 0.6) is 0 Å². The molecule has 2 heterocycles. The van der Waals surface area contributed by atoms with Crippen LogP contribution in [0.3, 0.4) is 0 Å². The maximum absolute atomic E-state index is 5.72. The van der Waals surface area contributed by atoms with E-state index in [1.54, 1.807) is 0 Å². The molecule has 0 saturated carbocycles. The number of halogens is 1. The molecule has 0 radical (unpaired) electrons. The Morgan fingerprint density at radius 2 is 1.72 bits per heavy atom. The maximum atomic E-state index is 5.72.